The topological polar surface area (TPSA) is 35.0 Å². The zero-order valence-corrected chi connectivity index (χ0v) is 8.34. The van der Waals surface area contributed by atoms with Crippen molar-refractivity contribution in [2.75, 3.05) is 0 Å². The summed E-state index contributed by atoms with van der Waals surface area (Å²) in [5, 5.41) is 1.99. The van der Waals surface area contributed by atoms with Crippen molar-refractivity contribution in [3.63, 3.8) is 0 Å². The molecule has 68 valence electrons. The lowest BCUT2D eigenvalue weighted by molar-refractivity contribution is 0.236. The van der Waals surface area contributed by atoms with E-state index in [4.69, 9.17) is 4.74 Å². The number of thiophene rings is 1. The Morgan fingerprint density at radius 3 is 3.00 bits per heavy atom. The summed E-state index contributed by atoms with van der Waals surface area (Å²) >= 11 is 1.61. The van der Waals surface area contributed by atoms with Gasteiger partial charge in [0.05, 0.1) is 11.6 Å². The zero-order valence-electron chi connectivity index (χ0n) is 7.52. The molecular formula is C9H10N2OS. The minimum absolute atomic E-state index is 0.153. The summed E-state index contributed by atoms with van der Waals surface area (Å²) in [7, 11) is 0. The van der Waals surface area contributed by atoms with Crippen molar-refractivity contribution in [1.29, 1.82) is 0 Å². The van der Waals surface area contributed by atoms with Gasteiger partial charge in [-0.2, -0.15) is 0 Å². The predicted octanol–water partition coefficient (Wildman–Crippen LogP) is 2.48. The van der Waals surface area contributed by atoms with Gasteiger partial charge < -0.3 is 4.74 Å². The van der Waals surface area contributed by atoms with E-state index in [9.17, 15) is 0 Å². The van der Waals surface area contributed by atoms with Crippen LogP contribution >= 0.6 is 11.3 Å². The highest BCUT2D eigenvalue weighted by Gasteiger charge is 2.06. The molecule has 0 N–H and O–H groups in total. The maximum absolute atomic E-state index is 5.55. The minimum Gasteiger partial charge on any atom is -0.474 e. The maximum atomic E-state index is 5.55. The smallest absolute Gasteiger partial charge is 0.235 e. The summed E-state index contributed by atoms with van der Waals surface area (Å²) in [5.74, 6) is 0.690. The van der Waals surface area contributed by atoms with Crippen LogP contribution in [0.4, 0.5) is 0 Å². The summed E-state index contributed by atoms with van der Waals surface area (Å²) in [5.41, 5.74) is 0.954. The van der Waals surface area contributed by atoms with E-state index in [1.165, 1.54) is 6.33 Å². The Morgan fingerprint density at radius 2 is 2.23 bits per heavy atom. The number of hydrogen-bond acceptors (Lipinski definition) is 4. The highest BCUT2D eigenvalue weighted by atomic mass is 32.1. The molecule has 0 atom stereocenters. The average Bonchev–Trinajstić information content (AvgIpc) is 2.51. The molecule has 0 saturated heterocycles. The first-order valence-corrected chi connectivity index (χ1v) is 5.00. The van der Waals surface area contributed by atoms with Crippen molar-refractivity contribution in [1.82, 2.24) is 9.97 Å². The van der Waals surface area contributed by atoms with Crippen molar-refractivity contribution in [2.24, 2.45) is 0 Å². The normalized spacial score (nSPS) is 11.0. The van der Waals surface area contributed by atoms with Crippen LogP contribution in [0.5, 0.6) is 5.88 Å². The van der Waals surface area contributed by atoms with Gasteiger partial charge in [-0.3, -0.25) is 0 Å². The second kappa shape index (κ2) is 3.30. The van der Waals surface area contributed by atoms with Crippen LogP contribution in [0.1, 0.15) is 13.8 Å². The number of ether oxygens (including phenoxy) is 1. The Bertz CT molecular complexity index is 411. The lowest BCUT2D eigenvalue weighted by Crippen LogP contribution is -2.06. The van der Waals surface area contributed by atoms with E-state index in [1.54, 1.807) is 11.3 Å². The highest BCUT2D eigenvalue weighted by Crippen LogP contribution is 2.26. The molecule has 0 spiro atoms. The van der Waals surface area contributed by atoms with Crippen LogP contribution in [0.2, 0.25) is 0 Å². The van der Waals surface area contributed by atoms with Crippen LogP contribution in [-0.4, -0.2) is 16.1 Å². The first-order valence-electron chi connectivity index (χ1n) is 4.12. The molecule has 13 heavy (non-hydrogen) atoms. The monoisotopic (exact) mass is 194 g/mol. The van der Waals surface area contributed by atoms with Gasteiger partial charge in [0.25, 0.3) is 0 Å². The second-order valence-electron chi connectivity index (χ2n) is 2.98. The first-order chi connectivity index (χ1) is 6.27. The minimum atomic E-state index is 0.153. The molecule has 0 amide bonds. The molecule has 2 rings (SSSR count). The van der Waals surface area contributed by atoms with Gasteiger partial charge in [0.15, 0.2) is 0 Å². The average molecular weight is 194 g/mol. The van der Waals surface area contributed by atoms with Gasteiger partial charge in [0, 0.05) is 0 Å². The molecule has 2 aromatic rings. The summed E-state index contributed by atoms with van der Waals surface area (Å²) in [6, 6.07) is 1.97. The highest BCUT2D eigenvalue weighted by molar-refractivity contribution is 7.17. The number of fused-ring (bicyclic) bond motifs is 1. The molecule has 0 aliphatic rings. The Morgan fingerprint density at radius 1 is 1.38 bits per heavy atom. The van der Waals surface area contributed by atoms with E-state index in [-0.39, 0.29) is 6.10 Å². The second-order valence-corrected chi connectivity index (χ2v) is 3.90. The number of nitrogens with zero attached hydrogens (tertiary/aromatic N) is 2. The lowest BCUT2D eigenvalue weighted by atomic mass is 10.4. The standard InChI is InChI=1S/C9H10N2OS/c1-6(2)12-9-8-7(3-4-13-8)10-5-11-9/h3-6H,1-2H3. The third-order valence-electron chi connectivity index (χ3n) is 1.56. The fourth-order valence-electron chi connectivity index (χ4n) is 1.07. The molecule has 0 radical (unpaired) electrons. The van der Waals surface area contributed by atoms with Gasteiger partial charge >= 0.3 is 0 Å². The van der Waals surface area contributed by atoms with E-state index in [1.807, 2.05) is 25.3 Å². The Kier molecular flexibility index (Phi) is 2.14. The van der Waals surface area contributed by atoms with Crippen molar-refractivity contribution in [3.8, 4) is 5.88 Å². The Balaban J connectivity index is 2.48. The third-order valence-corrected chi connectivity index (χ3v) is 2.45. The summed E-state index contributed by atoms with van der Waals surface area (Å²) in [4.78, 5) is 8.22. The van der Waals surface area contributed by atoms with Gasteiger partial charge in [0.1, 0.15) is 11.0 Å². The fraction of sp³-hybridized carbons (Fsp3) is 0.333. The number of rotatable bonds is 2. The van der Waals surface area contributed by atoms with Gasteiger partial charge in [-0.25, -0.2) is 9.97 Å². The van der Waals surface area contributed by atoms with E-state index >= 15 is 0 Å². The third kappa shape index (κ3) is 1.62. The van der Waals surface area contributed by atoms with Gasteiger partial charge in [-0.15, -0.1) is 11.3 Å². The zero-order chi connectivity index (χ0) is 9.26. The first kappa shape index (κ1) is 8.44. The molecule has 0 aromatic carbocycles. The largest absolute Gasteiger partial charge is 0.474 e. The molecule has 4 heteroatoms. The van der Waals surface area contributed by atoms with Crippen LogP contribution in [0.25, 0.3) is 10.2 Å². The number of aromatic nitrogens is 2. The Labute approximate surface area is 80.4 Å². The molecular weight excluding hydrogens is 184 g/mol. The van der Waals surface area contributed by atoms with Crippen LogP contribution < -0.4 is 4.74 Å². The van der Waals surface area contributed by atoms with Crippen molar-refractivity contribution < 1.29 is 4.74 Å². The van der Waals surface area contributed by atoms with Crippen LogP contribution in [0.3, 0.4) is 0 Å². The quantitative estimate of drug-likeness (QED) is 0.736. The number of hydrogen-bond donors (Lipinski definition) is 0. The SMILES string of the molecule is CC(C)Oc1ncnc2ccsc12. The van der Waals surface area contributed by atoms with Crippen molar-refractivity contribution in [2.45, 2.75) is 20.0 Å². The fourth-order valence-corrected chi connectivity index (χ4v) is 1.85. The summed E-state index contributed by atoms with van der Waals surface area (Å²) < 4.78 is 6.57. The lowest BCUT2D eigenvalue weighted by Gasteiger charge is -2.07. The summed E-state index contributed by atoms with van der Waals surface area (Å²) in [6.45, 7) is 3.98. The molecule has 0 unspecified atom stereocenters. The van der Waals surface area contributed by atoms with E-state index < -0.39 is 0 Å². The predicted molar refractivity (Wildman–Crippen MR) is 53.2 cm³/mol. The van der Waals surface area contributed by atoms with Crippen LogP contribution in [0.15, 0.2) is 17.8 Å². The Hall–Kier alpha value is -1.16. The maximum Gasteiger partial charge on any atom is 0.235 e. The molecule has 2 heterocycles. The van der Waals surface area contributed by atoms with Gasteiger partial charge in [-0.05, 0) is 25.3 Å². The van der Waals surface area contributed by atoms with Gasteiger partial charge in [0.2, 0.25) is 5.88 Å². The summed E-state index contributed by atoms with van der Waals surface area (Å²) in [6.07, 6.45) is 1.69. The molecule has 0 aliphatic carbocycles. The molecule has 3 nitrogen and oxygen atoms in total. The van der Waals surface area contributed by atoms with Crippen molar-refractivity contribution in [3.05, 3.63) is 17.8 Å². The van der Waals surface area contributed by atoms with Crippen LogP contribution in [0, 0.1) is 0 Å². The van der Waals surface area contributed by atoms with Crippen molar-refractivity contribution >= 4 is 21.6 Å². The van der Waals surface area contributed by atoms with E-state index in [0.717, 1.165) is 10.2 Å². The van der Waals surface area contributed by atoms with Gasteiger partial charge in [-0.1, -0.05) is 0 Å². The molecule has 2 aromatic heterocycles. The van der Waals surface area contributed by atoms with E-state index in [2.05, 4.69) is 9.97 Å². The molecule has 0 saturated carbocycles. The van der Waals surface area contributed by atoms with Crippen LogP contribution in [-0.2, 0) is 0 Å². The molecule has 0 fully saturated rings. The molecule has 0 aliphatic heterocycles. The molecule has 0 bridgehead atoms. The van der Waals surface area contributed by atoms with E-state index in [0.29, 0.717) is 5.88 Å².